The van der Waals surface area contributed by atoms with E-state index in [2.05, 4.69) is 38.9 Å². The molecule has 0 aliphatic heterocycles. The highest BCUT2D eigenvalue weighted by atomic mass is 16.5. The van der Waals surface area contributed by atoms with Crippen LogP contribution >= 0.6 is 0 Å². The summed E-state index contributed by atoms with van der Waals surface area (Å²) < 4.78 is 5.16. The van der Waals surface area contributed by atoms with Gasteiger partial charge in [0.05, 0.1) is 5.69 Å². The number of benzene rings is 2. The minimum Gasteiger partial charge on any atom is -0.356 e. The predicted octanol–water partition coefficient (Wildman–Crippen LogP) is 8.32. The molecule has 3 aromatic rings. The maximum Gasteiger partial charge on any atom is 0.167 e. The first-order valence-electron chi connectivity index (χ1n) is 11.2. The van der Waals surface area contributed by atoms with E-state index < -0.39 is 0 Å². The van der Waals surface area contributed by atoms with E-state index in [1.165, 1.54) is 5.57 Å². The molecule has 0 amide bonds. The number of nitrogens with zero attached hydrogens (tertiary/aromatic N) is 1. The van der Waals surface area contributed by atoms with Crippen molar-refractivity contribution in [3.05, 3.63) is 71.4 Å². The Hall–Kier alpha value is -2.68. The van der Waals surface area contributed by atoms with Gasteiger partial charge in [0.2, 0.25) is 0 Å². The number of para-hydroxylation sites is 1. The van der Waals surface area contributed by atoms with Crippen LogP contribution in [-0.4, -0.2) is 10.9 Å². The van der Waals surface area contributed by atoms with E-state index in [-0.39, 0.29) is 5.78 Å². The number of Topliss-reactive ketones (excluding diaryl/α,β-unsaturated/α-hetero) is 1. The molecular weight excluding hydrogens is 370 g/mol. The molecule has 0 radical (unpaired) electrons. The number of hydrogen-bond donors (Lipinski definition) is 0. The molecule has 30 heavy (non-hydrogen) atoms. The van der Waals surface area contributed by atoms with Crippen LogP contribution in [0.1, 0.15) is 89.3 Å². The number of carbonyl (C=O) groups excluding carboxylic acids is 1. The lowest BCUT2D eigenvalue weighted by molar-refractivity contribution is 0.0994. The van der Waals surface area contributed by atoms with Gasteiger partial charge in [-0.2, -0.15) is 0 Å². The van der Waals surface area contributed by atoms with Crippen molar-refractivity contribution in [2.24, 2.45) is 5.92 Å². The molecule has 0 atom stereocenters. The van der Waals surface area contributed by atoms with Gasteiger partial charge in [-0.05, 0) is 35.1 Å². The summed E-state index contributed by atoms with van der Waals surface area (Å²) in [7, 11) is 0. The number of ketones is 1. The Morgan fingerprint density at radius 3 is 1.97 bits per heavy atom. The first-order valence-corrected chi connectivity index (χ1v) is 11.2. The summed E-state index contributed by atoms with van der Waals surface area (Å²) >= 11 is 0. The van der Waals surface area contributed by atoms with Crippen molar-refractivity contribution >= 4 is 22.3 Å². The number of hydrogen-bond acceptors (Lipinski definition) is 3. The topological polar surface area (TPSA) is 43.1 Å². The standard InChI is InChI=1S/C13H14O.C10H11NO.2C2H6/c1-9(2)10-7-8-13(14)12-6-4-3-5-11(10)12;1-7(2)10-8-5-3-4-6-9(8)12-11-10;2*1-2/h3-7,9H,8H2,1-2H3;3-7H,1-2H3;2*1-2H3. The third-order valence-electron chi connectivity index (χ3n) is 4.62. The third kappa shape index (κ3) is 6.16. The van der Waals surface area contributed by atoms with E-state index in [1.807, 2.05) is 76.2 Å². The Kier molecular flexibility index (Phi) is 10.8. The van der Waals surface area contributed by atoms with Crippen LogP contribution in [0, 0.1) is 5.92 Å². The van der Waals surface area contributed by atoms with E-state index in [0.717, 1.165) is 27.8 Å². The van der Waals surface area contributed by atoms with Gasteiger partial charge in [-0.1, -0.05) is 103 Å². The van der Waals surface area contributed by atoms with E-state index in [9.17, 15) is 4.79 Å². The van der Waals surface area contributed by atoms with E-state index in [0.29, 0.717) is 18.3 Å². The summed E-state index contributed by atoms with van der Waals surface area (Å²) in [6.07, 6.45) is 2.62. The van der Waals surface area contributed by atoms with Crippen LogP contribution < -0.4 is 0 Å². The average Bonchev–Trinajstić information content (AvgIpc) is 3.22. The van der Waals surface area contributed by atoms with Crippen LogP contribution in [0.25, 0.3) is 16.5 Å². The Morgan fingerprint density at radius 2 is 1.37 bits per heavy atom. The molecule has 2 aromatic carbocycles. The van der Waals surface area contributed by atoms with Gasteiger partial charge in [-0.3, -0.25) is 4.79 Å². The fraction of sp³-hybridized carbons (Fsp3) is 0.407. The second kappa shape index (κ2) is 12.8. The minimum atomic E-state index is 0.241. The van der Waals surface area contributed by atoms with Crippen LogP contribution in [0.3, 0.4) is 0 Å². The molecule has 1 aliphatic carbocycles. The van der Waals surface area contributed by atoms with Crippen LogP contribution in [0.4, 0.5) is 0 Å². The highest BCUT2D eigenvalue weighted by Gasteiger charge is 2.19. The average molecular weight is 408 g/mol. The summed E-state index contributed by atoms with van der Waals surface area (Å²) in [6.45, 7) is 16.6. The van der Waals surface area contributed by atoms with Crippen LogP contribution in [0.2, 0.25) is 0 Å². The maximum atomic E-state index is 11.6. The molecule has 1 aromatic heterocycles. The molecule has 4 rings (SSSR count). The lowest BCUT2D eigenvalue weighted by Gasteiger charge is -2.19. The Labute approximate surface area is 182 Å². The molecule has 1 aliphatic rings. The van der Waals surface area contributed by atoms with Gasteiger partial charge in [-0.25, -0.2) is 0 Å². The van der Waals surface area contributed by atoms with E-state index in [1.54, 1.807) is 0 Å². The number of fused-ring (bicyclic) bond motifs is 2. The van der Waals surface area contributed by atoms with Crippen LogP contribution in [-0.2, 0) is 0 Å². The van der Waals surface area contributed by atoms with Crippen molar-refractivity contribution in [1.82, 2.24) is 5.16 Å². The van der Waals surface area contributed by atoms with Crippen LogP contribution in [0.5, 0.6) is 0 Å². The molecule has 3 heteroatoms. The molecule has 0 unspecified atom stereocenters. The Bertz CT molecular complexity index is 948. The second-order valence-corrected chi connectivity index (χ2v) is 7.21. The Balaban J connectivity index is 0.000000260. The van der Waals surface area contributed by atoms with Crippen molar-refractivity contribution < 1.29 is 9.32 Å². The fourth-order valence-corrected chi connectivity index (χ4v) is 3.27. The summed E-state index contributed by atoms with van der Waals surface area (Å²) in [5.41, 5.74) is 5.24. The lowest BCUT2D eigenvalue weighted by Crippen LogP contribution is -2.10. The zero-order chi connectivity index (χ0) is 22.7. The van der Waals surface area contributed by atoms with Gasteiger partial charge in [0, 0.05) is 17.4 Å². The second-order valence-electron chi connectivity index (χ2n) is 7.21. The van der Waals surface area contributed by atoms with Crippen molar-refractivity contribution in [2.75, 3.05) is 0 Å². The molecule has 0 saturated carbocycles. The maximum absolute atomic E-state index is 11.6. The number of carbonyl (C=O) groups is 1. The van der Waals surface area contributed by atoms with Crippen molar-refractivity contribution in [2.45, 2.75) is 67.7 Å². The van der Waals surface area contributed by atoms with Crippen molar-refractivity contribution in [3.63, 3.8) is 0 Å². The number of rotatable bonds is 2. The molecule has 0 fully saturated rings. The van der Waals surface area contributed by atoms with Gasteiger partial charge in [-0.15, -0.1) is 0 Å². The quantitative estimate of drug-likeness (QED) is 0.429. The zero-order valence-corrected chi connectivity index (χ0v) is 19.8. The smallest absolute Gasteiger partial charge is 0.167 e. The Morgan fingerprint density at radius 1 is 0.800 bits per heavy atom. The normalized spacial score (nSPS) is 12.1. The van der Waals surface area contributed by atoms with Gasteiger partial charge >= 0.3 is 0 Å². The third-order valence-corrected chi connectivity index (χ3v) is 4.62. The van der Waals surface area contributed by atoms with Crippen molar-refractivity contribution in [3.8, 4) is 0 Å². The molecule has 1 heterocycles. The molecule has 0 saturated heterocycles. The molecule has 0 spiro atoms. The van der Waals surface area contributed by atoms with Crippen LogP contribution in [0.15, 0.2) is 59.1 Å². The van der Waals surface area contributed by atoms with Gasteiger partial charge < -0.3 is 4.52 Å². The summed E-state index contributed by atoms with van der Waals surface area (Å²) in [5, 5.41) is 5.15. The number of aromatic nitrogens is 1. The predicted molar refractivity (Wildman–Crippen MR) is 129 cm³/mol. The number of allylic oxidation sites excluding steroid dienone is 2. The first-order chi connectivity index (χ1) is 14.5. The molecule has 3 nitrogen and oxygen atoms in total. The minimum absolute atomic E-state index is 0.241. The highest BCUT2D eigenvalue weighted by molar-refractivity contribution is 6.04. The van der Waals surface area contributed by atoms with Gasteiger partial charge in [0.15, 0.2) is 11.4 Å². The fourth-order valence-electron chi connectivity index (χ4n) is 3.27. The monoisotopic (exact) mass is 407 g/mol. The van der Waals surface area contributed by atoms with E-state index in [4.69, 9.17) is 4.52 Å². The van der Waals surface area contributed by atoms with E-state index >= 15 is 0 Å². The molecule has 0 bridgehead atoms. The zero-order valence-electron chi connectivity index (χ0n) is 19.8. The van der Waals surface area contributed by atoms with Gasteiger partial charge in [0.1, 0.15) is 0 Å². The first kappa shape index (κ1) is 25.4. The summed E-state index contributed by atoms with van der Waals surface area (Å²) in [6, 6.07) is 15.8. The summed E-state index contributed by atoms with van der Waals surface area (Å²) in [5.74, 6) is 1.16. The van der Waals surface area contributed by atoms with Gasteiger partial charge in [0.25, 0.3) is 0 Å². The lowest BCUT2D eigenvalue weighted by atomic mass is 9.85. The molecule has 162 valence electrons. The summed E-state index contributed by atoms with van der Waals surface area (Å²) in [4.78, 5) is 11.6. The SMILES string of the molecule is CC.CC.CC(C)C1=CCC(=O)c2ccccc21.CC(C)c1noc2ccccc12. The molecule has 0 N–H and O–H groups in total. The molecular formula is C27H37NO2. The van der Waals surface area contributed by atoms with Crippen molar-refractivity contribution in [1.29, 1.82) is 0 Å². The highest BCUT2D eigenvalue weighted by Crippen LogP contribution is 2.31. The largest absolute Gasteiger partial charge is 0.356 e.